The third kappa shape index (κ3) is 2.46. The lowest BCUT2D eigenvalue weighted by atomic mass is 10.4. The Morgan fingerprint density at radius 1 is 1.30 bits per heavy atom. The second kappa shape index (κ2) is 5.72. The molecule has 2 aromatic rings. The van der Waals surface area contributed by atoms with Gasteiger partial charge in [0.1, 0.15) is 11.7 Å². The molecular formula is C13H20N5O2+. The lowest BCUT2D eigenvalue weighted by Crippen LogP contribution is -3.10. The number of hydrogen-bond donors (Lipinski definition) is 2. The van der Waals surface area contributed by atoms with Crippen molar-refractivity contribution in [1.29, 1.82) is 0 Å². The first-order chi connectivity index (χ1) is 9.79. The van der Waals surface area contributed by atoms with Crippen LogP contribution in [-0.4, -0.2) is 50.7 Å². The first-order valence-corrected chi connectivity index (χ1v) is 7.15. The van der Waals surface area contributed by atoms with E-state index in [-0.39, 0.29) is 12.2 Å². The molecule has 0 bridgehead atoms. The Morgan fingerprint density at radius 3 is 2.85 bits per heavy atom. The van der Waals surface area contributed by atoms with Gasteiger partial charge in [0.2, 0.25) is 0 Å². The molecular weight excluding hydrogens is 258 g/mol. The van der Waals surface area contributed by atoms with E-state index in [1.54, 1.807) is 26.7 Å². The zero-order valence-electron chi connectivity index (χ0n) is 11.5. The van der Waals surface area contributed by atoms with Gasteiger partial charge in [0.25, 0.3) is 5.56 Å². The standard InChI is InChI=1S/C13H19N5O2/c19-8-7-18-12-11(9-15-18)13(20)17(10-14-12)6-5-16-3-1-2-4-16/h9-10,19H,1-8H2/p+1. The fourth-order valence-corrected chi connectivity index (χ4v) is 2.82. The van der Waals surface area contributed by atoms with E-state index < -0.39 is 0 Å². The van der Waals surface area contributed by atoms with Gasteiger partial charge in [-0.3, -0.25) is 9.36 Å². The highest BCUT2D eigenvalue weighted by Crippen LogP contribution is 2.04. The fraction of sp³-hybridized carbons (Fsp3) is 0.615. The molecule has 0 unspecified atom stereocenters. The van der Waals surface area contributed by atoms with Crippen molar-refractivity contribution < 1.29 is 10.0 Å². The minimum absolute atomic E-state index is 0.0140. The molecule has 0 aliphatic carbocycles. The number of quaternary nitrogens is 1. The van der Waals surface area contributed by atoms with Gasteiger partial charge in [0.05, 0.1) is 45.5 Å². The molecule has 1 saturated heterocycles. The average Bonchev–Trinajstić information content (AvgIpc) is 3.09. The van der Waals surface area contributed by atoms with Crippen LogP contribution in [0.1, 0.15) is 12.8 Å². The van der Waals surface area contributed by atoms with E-state index in [1.165, 1.54) is 25.9 Å². The first kappa shape index (κ1) is 13.3. The van der Waals surface area contributed by atoms with E-state index in [4.69, 9.17) is 5.11 Å². The molecule has 3 heterocycles. The molecule has 3 rings (SSSR count). The number of likely N-dealkylation sites (tertiary alicyclic amines) is 1. The van der Waals surface area contributed by atoms with Crippen LogP contribution in [0.15, 0.2) is 17.3 Å². The van der Waals surface area contributed by atoms with Crippen molar-refractivity contribution in [2.24, 2.45) is 0 Å². The highest BCUT2D eigenvalue weighted by molar-refractivity contribution is 5.72. The van der Waals surface area contributed by atoms with Gasteiger partial charge in [0, 0.05) is 12.8 Å². The van der Waals surface area contributed by atoms with Gasteiger partial charge in [0.15, 0.2) is 5.65 Å². The molecule has 0 spiro atoms. The van der Waals surface area contributed by atoms with Crippen molar-refractivity contribution in [3.63, 3.8) is 0 Å². The Kier molecular flexibility index (Phi) is 3.79. The van der Waals surface area contributed by atoms with Crippen molar-refractivity contribution in [2.75, 3.05) is 26.2 Å². The second-order valence-corrected chi connectivity index (χ2v) is 5.28. The summed E-state index contributed by atoms with van der Waals surface area (Å²) in [4.78, 5) is 18.2. The molecule has 0 saturated carbocycles. The average molecular weight is 278 g/mol. The highest BCUT2D eigenvalue weighted by Gasteiger charge is 2.16. The Morgan fingerprint density at radius 2 is 2.10 bits per heavy atom. The number of rotatable bonds is 5. The number of fused-ring (bicyclic) bond motifs is 1. The SMILES string of the molecule is O=c1c2cnn(CCO)c2ncn1CC[NH+]1CCCC1. The highest BCUT2D eigenvalue weighted by atomic mass is 16.3. The monoisotopic (exact) mass is 278 g/mol. The quantitative estimate of drug-likeness (QED) is 0.681. The Hall–Kier alpha value is -1.73. The molecule has 2 aromatic heterocycles. The summed E-state index contributed by atoms with van der Waals surface area (Å²) >= 11 is 0. The Labute approximate surface area is 116 Å². The van der Waals surface area contributed by atoms with Crippen molar-refractivity contribution in [3.8, 4) is 0 Å². The third-order valence-electron chi connectivity index (χ3n) is 3.95. The first-order valence-electron chi connectivity index (χ1n) is 7.15. The number of aliphatic hydroxyl groups excluding tert-OH is 1. The maximum atomic E-state index is 12.3. The summed E-state index contributed by atoms with van der Waals surface area (Å²) in [6.07, 6.45) is 5.71. The fourth-order valence-electron chi connectivity index (χ4n) is 2.82. The largest absolute Gasteiger partial charge is 0.394 e. The van der Waals surface area contributed by atoms with Crippen LogP contribution in [0.2, 0.25) is 0 Å². The summed E-state index contributed by atoms with van der Waals surface area (Å²) in [6.45, 7) is 4.43. The molecule has 2 N–H and O–H groups in total. The molecule has 0 aromatic carbocycles. The van der Waals surface area contributed by atoms with Crippen LogP contribution in [0.4, 0.5) is 0 Å². The zero-order chi connectivity index (χ0) is 13.9. The maximum absolute atomic E-state index is 12.3. The number of hydrogen-bond acceptors (Lipinski definition) is 4. The van der Waals surface area contributed by atoms with E-state index in [1.807, 2.05) is 0 Å². The van der Waals surface area contributed by atoms with E-state index in [0.717, 1.165) is 6.54 Å². The van der Waals surface area contributed by atoms with E-state index in [2.05, 4.69) is 10.1 Å². The third-order valence-corrected chi connectivity index (χ3v) is 3.95. The predicted octanol–water partition coefficient (Wildman–Crippen LogP) is -1.74. The van der Waals surface area contributed by atoms with E-state index >= 15 is 0 Å². The van der Waals surface area contributed by atoms with Gasteiger partial charge < -0.3 is 10.0 Å². The molecule has 1 aliphatic rings. The van der Waals surface area contributed by atoms with Gasteiger partial charge in [-0.15, -0.1) is 0 Å². The molecule has 108 valence electrons. The molecule has 0 atom stereocenters. The summed E-state index contributed by atoms with van der Waals surface area (Å²) in [5, 5.41) is 13.6. The van der Waals surface area contributed by atoms with Crippen LogP contribution >= 0.6 is 0 Å². The van der Waals surface area contributed by atoms with Gasteiger partial charge in [-0.1, -0.05) is 0 Å². The number of aliphatic hydroxyl groups is 1. The van der Waals surface area contributed by atoms with E-state index in [9.17, 15) is 4.79 Å². The minimum Gasteiger partial charge on any atom is -0.394 e. The van der Waals surface area contributed by atoms with Gasteiger partial charge in [-0.25, -0.2) is 9.67 Å². The Bertz CT molecular complexity index is 642. The summed E-state index contributed by atoms with van der Waals surface area (Å²) < 4.78 is 3.23. The number of nitrogens with one attached hydrogen (secondary N) is 1. The number of nitrogens with zero attached hydrogens (tertiary/aromatic N) is 4. The summed E-state index contributed by atoms with van der Waals surface area (Å²) in [5.41, 5.74) is 0.506. The van der Waals surface area contributed by atoms with Gasteiger partial charge >= 0.3 is 0 Å². The molecule has 20 heavy (non-hydrogen) atoms. The van der Waals surface area contributed by atoms with Crippen molar-refractivity contribution >= 4 is 11.0 Å². The predicted molar refractivity (Wildman–Crippen MR) is 73.7 cm³/mol. The molecule has 0 radical (unpaired) electrons. The smallest absolute Gasteiger partial charge is 0.264 e. The number of aromatic nitrogens is 4. The summed E-state index contributed by atoms with van der Waals surface area (Å²) in [6, 6.07) is 0. The van der Waals surface area contributed by atoms with Crippen LogP contribution in [0.3, 0.4) is 0 Å². The topological polar surface area (TPSA) is 77.4 Å². The van der Waals surface area contributed by atoms with Gasteiger partial charge in [-0.05, 0) is 0 Å². The zero-order valence-corrected chi connectivity index (χ0v) is 11.5. The van der Waals surface area contributed by atoms with Crippen LogP contribution in [0.5, 0.6) is 0 Å². The minimum atomic E-state index is -0.0437. The van der Waals surface area contributed by atoms with Crippen molar-refractivity contribution in [2.45, 2.75) is 25.9 Å². The van der Waals surface area contributed by atoms with Crippen molar-refractivity contribution in [3.05, 3.63) is 22.9 Å². The maximum Gasteiger partial charge on any atom is 0.264 e. The molecule has 1 aliphatic heterocycles. The van der Waals surface area contributed by atoms with Crippen LogP contribution in [0.25, 0.3) is 11.0 Å². The van der Waals surface area contributed by atoms with Crippen LogP contribution < -0.4 is 10.5 Å². The lowest BCUT2D eigenvalue weighted by molar-refractivity contribution is -0.888. The van der Waals surface area contributed by atoms with Gasteiger partial charge in [-0.2, -0.15) is 5.10 Å². The normalized spacial score (nSPS) is 16.2. The van der Waals surface area contributed by atoms with Crippen LogP contribution in [-0.2, 0) is 13.1 Å². The molecule has 7 nitrogen and oxygen atoms in total. The molecule has 0 amide bonds. The second-order valence-electron chi connectivity index (χ2n) is 5.28. The summed E-state index contributed by atoms with van der Waals surface area (Å²) in [5.74, 6) is 0. The van der Waals surface area contributed by atoms with E-state index in [0.29, 0.717) is 24.1 Å². The molecule has 1 fully saturated rings. The summed E-state index contributed by atoms with van der Waals surface area (Å²) in [7, 11) is 0. The lowest BCUT2D eigenvalue weighted by Gasteiger charge is -2.12. The molecule has 7 heteroatoms. The Balaban J connectivity index is 1.81. The van der Waals surface area contributed by atoms with Crippen LogP contribution in [0, 0.1) is 0 Å². The van der Waals surface area contributed by atoms with Crippen molar-refractivity contribution in [1.82, 2.24) is 19.3 Å².